The van der Waals surface area contributed by atoms with E-state index in [2.05, 4.69) is 5.32 Å². The van der Waals surface area contributed by atoms with E-state index in [4.69, 9.17) is 14.6 Å². The summed E-state index contributed by atoms with van der Waals surface area (Å²) in [6, 6.07) is 10.7. The molecule has 2 aromatic rings. The Morgan fingerprint density at radius 2 is 1.85 bits per heavy atom. The fourth-order valence-corrected chi connectivity index (χ4v) is 2.99. The Kier molecular flexibility index (Phi) is 5.96. The number of primary sulfonamides is 1. The Labute approximate surface area is 151 Å². The molecule has 3 N–H and O–H groups in total. The molecule has 0 aliphatic heterocycles. The SMILES string of the molecule is COc1ccccc1NC(=O)COC(=O)c1ccc(C)c(S(N)(=O)=O)c1. The highest BCUT2D eigenvalue weighted by molar-refractivity contribution is 7.89. The maximum Gasteiger partial charge on any atom is 0.338 e. The van der Waals surface area contributed by atoms with E-state index in [0.29, 0.717) is 17.0 Å². The van der Waals surface area contributed by atoms with E-state index in [1.54, 1.807) is 31.2 Å². The minimum absolute atomic E-state index is 0.0234. The van der Waals surface area contributed by atoms with Gasteiger partial charge in [0.05, 0.1) is 23.3 Å². The highest BCUT2D eigenvalue weighted by Crippen LogP contribution is 2.22. The van der Waals surface area contributed by atoms with E-state index in [1.165, 1.54) is 19.2 Å². The summed E-state index contributed by atoms with van der Waals surface area (Å²) >= 11 is 0. The molecule has 0 aliphatic rings. The molecule has 0 bridgehead atoms. The number of benzene rings is 2. The van der Waals surface area contributed by atoms with Crippen molar-refractivity contribution in [2.24, 2.45) is 5.14 Å². The standard InChI is InChI=1S/C17H18N2O6S/c1-11-7-8-12(9-15(11)26(18,22)23)17(21)25-10-16(20)19-13-5-3-4-6-14(13)24-2/h3-9H,10H2,1-2H3,(H,19,20)(H2,18,22,23). The van der Waals surface area contributed by atoms with Gasteiger partial charge >= 0.3 is 5.97 Å². The second-order valence-corrected chi connectivity index (χ2v) is 6.88. The van der Waals surface area contributed by atoms with Gasteiger partial charge in [-0.2, -0.15) is 0 Å². The molecule has 0 aliphatic carbocycles. The van der Waals surface area contributed by atoms with Crippen LogP contribution in [0, 0.1) is 6.92 Å². The number of hydrogen-bond acceptors (Lipinski definition) is 6. The highest BCUT2D eigenvalue weighted by atomic mass is 32.2. The lowest BCUT2D eigenvalue weighted by atomic mass is 10.1. The summed E-state index contributed by atoms with van der Waals surface area (Å²) in [7, 11) is -2.51. The molecular formula is C17H18N2O6S. The van der Waals surface area contributed by atoms with Crippen molar-refractivity contribution in [3.63, 3.8) is 0 Å². The number of amides is 1. The molecule has 2 rings (SSSR count). The Bertz CT molecular complexity index is 940. The highest BCUT2D eigenvalue weighted by Gasteiger charge is 2.17. The van der Waals surface area contributed by atoms with E-state index in [-0.39, 0.29) is 10.5 Å². The van der Waals surface area contributed by atoms with Crippen LogP contribution >= 0.6 is 0 Å². The third-order valence-electron chi connectivity index (χ3n) is 3.45. The summed E-state index contributed by atoms with van der Waals surface area (Å²) in [5, 5.41) is 7.66. The van der Waals surface area contributed by atoms with Gasteiger partial charge in [0.25, 0.3) is 5.91 Å². The first-order chi connectivity index (χ1) is 12.2. The number of carbonyl (C=O) groups excluding carboxylic acids is 2. The molecule has 0 fully saturated rings. The Balaban J connectivity index is 2.04. The molecule has 138 valence electrons. The molecule has 2 aromatic carbocycles. The molecule has 0 atom stereocenters. The van der Waals surface area contributed by atoms with Gasteiger partial charge in [0.1, 0.15) is 5.75 Å². The van der Waals surface area contributed by atoms with E-state index >= 15 is 0 Å². The van der Waals surface area contributed by atoms with Crippen LogP contribution in [0.15, 0.2) is 47.4 Å². The van der Waals surface area contributed by atoms with Gasteiger partial charge in [-0.15, -0.1) is 0 Å². The Morgan fingerprint density at radius 3 is 2.50 bits per heavy atom. The average molecular weight is 378 g/mol. The monoisotopic (exact) mass is 378 g/mol. The molecule has 0 saturated heterocycles. The van der Waals surface area contributed by atoms with Crippen molar-refractivity contribution < 1.29 is 27.5 Å². The number of anilines is 1. The normalized spacial score (nSPS) is 10.9. The second-order valence-electron chi connectivity index (χ2n) is 5.35. The number of rotatable bonds is 6. The smallest absolute Gasteiger partial charge is 0.338 e. The zero-order valence-electron chi connectivity index (χ0n) is 14.2. The second kappa shape index (κ2) is 7.98. The quantitative estimate of drug-likeness (QED) is 0.733. The third kappa shape index (κ3) is 4.80. The number of para-hydroxylation sites is 2. The number of hydrogen-bond donors (Lipinski definition) is 2. The maximum atomic E-state index is 12.1. The van der Waals surface area contributed by atoms with Gasteiger partial charge in [-0.1, -0.05) is 18.2 Å². The summed E-state index contributed by atoms with van der Waals surface area (Å²) in [4.78, 5) is 23.8. The van der Waals surface area contributed by atoms with Gasteiger partial charge in [0, 0.05) is 0 Å². The van der Waals surface area contributed by atoms with Gasteiger partial charge in [0.2, 0.25) is 10.0 Å². The molecular weight excluding hydrogens is 360 g/mol. The fourth-order valence-electron chi connectivity index (χ4n) is 2.18. The predicted octanol–water partition coefficient (Wildman–Crippen LogP) is 1.45. The van der Waals surface area contributed by atoms with E-state index in [9.17, 15) is 18.0 Å². The topological polar surface area (TPSA) is 125 Å². The van der Waals surface area contributed by atoms with Crippen LogP contribution < -0.4 is 15.2 Å². The molecule has 8 nitrogen and oxygen atoms in total. The summed E-state index contributed by atoms with van der Waals surface area (Å²) < 4.78 is 33.0. The maximum absolute atomic E-state index is 12.1. The number of carbonyl (C=O) groups is 2. The van der Waals surface area contributed by atoms with E-state index < -0.39 is 28.5 Å². The van der Waals surface area contributed by atoms with Crippen LogP contribution in [-0.4, -0.2) is 34.0 Å². The van der Waals surface area contributed by atoms with Gasteiger partial charge in [-0.25, -0.2) is 18.4 Å². The largest absolute Gasteiger partial charge is 0.495 e. The molecule has 0 spiro atoms. The summed E-state index contributed by atoms with van der Waals surface area (Å²) in [5.41, 5.74) is 0.811. The molecule has 0 aromatic heterocycles. The molecule has 0 saturated carbocycles. The zero-order chi connectivity index (χ0) is 19.3. The summed E-state index contributed by atoms with van der Waals surface area (Å²) in [6.45, 7) is 1.00. The first-order valence-electron chi connectivity index (χ1n) is 7.46. The summed E-state index contributed by atoms with van der Waals surface area (Å²) in [5.74, 6) is -0.949. The van der Waals surface area contributed by atoms with Gasteiger partial charge in [0.15, 0.2) is 6.61 Å². The van der Waals surface area contributed by atoms with Crippen molar-refractivity contribution >= 4 is 27.6 Å². The van der Waals surface area contributed by atoms with E-state index in [1.807, 2.05) is 0 Å². The minimum atomic E-state index is -3.97. The van der Waals surface area contributed by atoms with Crippen LogP contribution in [-0.2, 0) is 19.6 Å². The Hall–Kier alpha value is -2.91. The number of aryl methyl sites for hydroxylation is 1. The van der Waals surface area contributed by atoms with Crippen LogP contribution in [0.2, 0.25) is 0 Å². The minimum Gasteiger partial charge on any atom is -0.495 e. The summed E-state index contributed by atoms with van der Waals surface area (Å²) in [6.07, 6.45) is 0. The lowest BCUT2D eigenvalue weighted by Gasteiger charge is -2.10. The predicted molar refractivity (Wildman–Crippen MR) is 94.5 cm³/mol. The van der Waals surface area contributed by atoms with Crippen LogP contribution in [0.1, 0.15) is 15.9 Å². The zero-order valence-corrected chi connectivity index (χ0v) is 15.0. The number of ether oxygens (including phenoxy) is 2. The molecule has 0 radical (unpaired) electrons. The lowest BCUT2D eigenvalue weighted by Crippen LogP contribution is -2.21. The molecule has 26 heavy (non-hydrogen) atoms. The van der Waals surface area contributed by atoms with Crippen molar-refractivity contribution in [1.29, 1.82) is 0 Å². The number of sulfonamides is 1. The molecule has 1 amide bonds. The van der Waals surface area contributed by atoms with Crippen molar-refractivity contribution in [3.8, 4) is 5.75 Å². The van der Waals surface area contributed by atoms with Crippen LogP contribution in [0.3, 0.4) is 0 Å². The number of nitrogens with one attached hydrogen (secondary N) is 1. The molecule has 9 heteroatoms. The third-order valence-corrected chi connectivity index (χ3v) is 4.50. The van der Waals surface area contributed by atoms with Crippen molar-refractivity contribution in [2.75, 3.05) is 19.0 Å². The van der Waals surface area contributed by atoms with Crippen molar-refractivity contribution in [2.45, 2.75) is 11.8 Å². The average Bonchev–Trinajstić information content (AvgIpc) is 2.59. The van der Waals surface area contributed by atoms with E-state index in [0.717, 1.165) is 6.07 Å². The van der Waals surface area contributed by atoms with Crippen molar-refractivity contribution in [1.82, 2.24) is 0 Å². The fraction of sp³-hybridized carbons (Fsp3) is 0.176. The van der Waals surface area contributed by atoms with Crippen LogP contribution in [0.4, 0.5) is 5.69 Å². The Morgan fingerprint density at radius 1 is 1.15 bits per heavy atom. The number of nitrogens with two attached hydrogens (primary N) is 1. The number of esters is 1. The molecule has 0 heterocycles. The van der Waals surface area contributed by atoms with Gasteiger partial charge < -0.3 is 14.8 Å². The van der Waals surface area contributed by atoms with Crippen LogP contribution in [0.5, 0.6) is 5.75 Å². The first-order valence-corrected chi connectivity index (χ1v) is 9.00. The number of methoxy groups -OCH3 is 1. The van der Waals surface area contributed by atoms with Crippen molar-refractivity contribution in [3.05, 3.63) is 53.6 Å². The van der Waals surface area contributed by atoms with Gasteiger partial charge in [-0.05, 0) is 36.8 Å². The van der Waals surface area contributed by atoms with Gasteiger partial charge in [-0.3, -0.25) is 4.79 Å². The molecule has 0 unspecified atom stereocenters. The lowest BCUT2D eigenvalue weighted by molar-refractivity contribution is -0.119. The first kappa shape index (κ1) is 19.4. The van der Waals surface area contributed by atoms with Crippen LogP contribution in [0.25, 0.3) is 0 Å².